The molecule has 0 aliphatic carbocycles. The molecule has 2 aliphatic rings. The van der Waals surface area contributed by atoms with Gasteiger partial charge in [0.25, 0.3) is 0 Å². The quantitative estimate of drug-likeness (QED) is 0.881. The normalized spacial score (nSPS) is 29.3. The second-order valence-electron chi connectivity index (χ2n) is 7.76. The lowest BCUT2D eigenvalue weighted by molar-refractivity contribution is 0.0984. The van der Waals surface area contributed by atoms with Gasteiger partial charge in [-0.1, -0.05) is 19.8 Å². The van der Waals surface area contributed by atoms with Crippen LogP contribution in [-0.4, -0.2) is 36.1 Å². The fourth-order valence-corrected chi connectivity index (χ4v) is 4.95. The fraction of sp³-hybridized carbons (Fsp3) is 0.619. The molecule has 0 saturated carbocycles. The van der Waals surface area contributed by atoms with Gasteiger partial charge in [0.05, 0.1) is 7.11 Å². The van der Waals surface area contributed by atoms with Crippen molar-refractivity contribution in [1.82, 2.24) is 9.88 Å². The third kappa shape index (κ3) is 2.63. The highest BCUT2D eigenvalue weighted by Gasteiger charge is 2.38. The van der Waals surface area contributed by atoms with Gasteiger partial charge in [-0.05, 0) is 55.9 Å². The molecular formula is C21H30N2O. The Labute approximate surface area is 145 Å². The number of rotatable bonds is 4. The highest BCUT2D eigenvalue weighted by molar-refractivity contribution is 5.86. The summed E-state index contributed by atoms with van der Waals surface area (Å²) in [6.45, 7) is 7.23. The van der Waals surface area contributed by atoms with Crippen LogP contribution in [0.3, 0.4) is 0 Å². The third-order valence-electron chi connectivity index (χ3n) is 6.37. The molecule has 4 atom stereocenters. The van der Waals surface area contributed by atoms with Gasteiger partial charge >= 0.3 is 0 Å². The third-order valence-corrected chi connectivity index (χ3v) is 6.37. The van der Waals surface area contributed by atoms with E-state index in [9.17, 15) is 0 Å². The van der Waals surface area contributed by atoms with Crippen molar-refractivity contribution >= 4 is 10.9 Å². The number of aromatic amines is 1. The first kappa shape index (κ1) is 16.0. The second-order valence-corrected chi connectivity index (χ2v) is 7.76. The first-order valence-corrected chi connectivity index (χ1v) is 9.63. The lowest BCUT2D eigenvalue weighted by Gasteiger charge is -2.42. The van der Waals surface area contributed by atoms with Gasteiger partial charge < -0.3 is 9.72 Å². The Balaban J connectivity index is 1.73. The van der Waals surface area contributed by atoms with E-state index in [4.69, 9.17) is 4.74 Å². The minimum Gasteiger partial charge on any atom is -0.497 e. The number of benzene rings is 1. The van der Waals surface area contributed by atoms with Crippen molar-refractivity contribution in [3.8, 4) is 5.75 Å². The Kier molecular flexibility index (Phi) is 4.29. The van der Waals surface area contributed by atoms with Crippen molar-refractivity contribution in [3.63, 3.8) is 0 Å². The summed E-state index contributed by atoms with van der Waals surface area (Å²) >= 11 is 0. The standard InChI is InChI=1S/C21H30N2O/c1-4-5-6-15-11-18-14(2)23(13-15)10-9-17-19-12-16(24-3)7-8-20(19)22-21(17)18/h7-8,12,14-15,18,22H,4-6,9-11,13H2,1-3H3/t14?,15-,18+/m0/s1. The van der Waals surface area contributed by atoms with Gasteiger partial charge in [-0.3, -0.25) is 4.90 Å². The Morgan fingerprint density at radius 3 is 3.00 bits per heavy atom. The minimum atomic E-state index is 0.650. The average Bonchev–Trinajstić information content (AvgIpc) is 2.94. The van der Waals surface area contributed by atoms with E-state index in [-0.39, 0.29) is 0 Å². The van der Waals surface area contributed by atoms with Gasteiger partial charge in [-0.15, -0.1) is 0 Å². The molecule has 130 valence electrons. The zero-order valence-corrected chi connectivity index (χ0v) is 15.3. The predicted octanol–water partition coefficient (Wildman–Crippen LogP) is 4.72. The van der Waals surface area contributed by atoms with Crippen molar-refractivity contribution in [2.24, 2.45) is 5.92 Å². The monoisotopic (exact) mass is 326 g/mol. The zero-order chi connectivity index (χ0) is 16.7. The van der Waals surface area contributed by atoms with Crippen LogP contribution in [0.15, 0.2) is 18.2 Å². The number of nitrogens with zero attached hydrogens (tertiary/aromatic N) is 1. The topological polar surface area (TPSA) is 28.3 Å². The van der Waals surface area contributed by atoms with Gasteiger partial charge in [0, 0.05) is 41.6 Å². The Morgan fingerprint density at radius 1 is 1.33 bits per heavy atom. The highest BCUT2D eigenvalue weighted by Crippen LogP contribution is 2.42. The summed E-state index contributed by atoms with van der Waals surface area (Å²) in [6.07, 6.45) is 6.57. The van der Waals surface area contributed by atoms with Crippen molar-refractivity contribution in [1.29, 1.82) is 0 Å². The van der Waals surface area contributed by atoms with Crippen LogP contribution in [0, 0.1) is 5.92 Å². The molecule has 1 unspecified atom stereocenters. The number of fused-ring (bicyclic) bond motifs is 6. The van der Waals surface area contributed by atoms with E-state index in [1.54, 1.807) is 12.7 Å². The van der Waals surface area contributed by atoms with Crippen molar-refractivity contribution in [3.05, 3.63) is 29.5 Å². The van der Waals surface area contributed by atoms with E-state index in [1.165, 1.54) is 55.4 Å². The lowest BCUT2D eigenvalue weighted by Crippen LogP contribution is -2.45. The first-order chi connectivity index (χ1) is 11.7. The summed E-state index contributed by atoms with van der Waals surface area (Å²) in [5, 5.41) is 1.37. The SMILES string of the molecule is CCCC[C@H]1C[C@H]2c3[nH]c4ccc(OC)cc4c3CC[N@@](C1)C2C. The highest BCUT2D eigenvalue weighted by atomic mass is 16.5. The van der Waals surface area contributed by atoms with Crippen molar-refractivity contribution in [2.45, 2.75) is 57.9 Å². The molecule has 1 aromatic carbocycles. The Hall–Kier alpha value is -1.48. The van der Waals surface area contributed by atoms with Crippen LogP contribution in [0.25, 0.3) is 10.9 Å². The van der Waals surface area contributed by atoms with E-state index in [1.807, 2.05) is 0 Å². The Morgan fingerprint density at radius 2 is 2.21 bits per heavy atom. The molecule has 1 saturated heterocycles. The second kappa shape index (κ2) is 6.44. The maximum Gasteiger partial charge on any atom is 0.119 e. The predicted molar refractivity (Wildman–Crippen MR) is 100.0 cm³/mol. The van der Waals surface area contributed by atoms with Crippen LogP contribution in [0.2, 0.25) is 0 Å². The van der Waals surface area contributed by atoms with Crippen LogP contribution in [0.5, 0.6) is 5.75 Å². The van der Waals surface area contributed by atoms with Gasteiger partial charge in [0.1, 0.15) is 5.75 Å². The van der Waals surface area contributed by atoms with E-state index >= 15 is 0 Å². The van der Waals surface area contributed by atoms with E-state index in [2.05, 4.69) is 41.9 Å². The molecule has 3 heterocycles. The minimum absolute atomic E-state index is 0.650. The van der Waals surface area contributed by atoms with Crippen LogP contribution >= 0.6 is 0 Å². The van der Waals surface area contributed by atoms with Gasteiger partial charge in [0.2, 0.25) is 0 Å². The van der Waals surface area contributed by atoms with E-state index < -0.39 is 0 Å². The number of H-pyrrole nitrogens is 1. The smallest absolute Gasteiger partial charge is 0.119 e. The molecule has 1 N–H and O–H groups in total. The molecule has 0 radical (unpaired) electrons. The van der Waals surface area contributed by atoms with E-state index in [0.717, 1.165) is 18.1 Å². The summed E-state index contributed by atoms with van der Waals surface area (Å²) in [7, 11) is 1.76. The van der Waals surface area contributed by atoms with E-state index in [0.29, 0.717) is 12.0 Å². The number of aromatic nitrogens is 1. The molecule has 0 amide bonds. The molecule has 0 spiro atoms. The molecule has 3 nitrogen and oxygen atoms in total. The number of piperidine rings is 1. The van der Waals surface area contributed by atoms with Gasteiger partial charge in [0.15, 0.2) is 0 Å². The summed E-state index contributed by atoms with van der Waals surface area (Å²) in [6, 6.07) is 7.12. The number of ether oxygens (including phenoxy) is 1. The maximum atomic E-state index is 5.46. The fourth-order valence-electron chi connectivity index (χ4n) is 4.95. The number of nitrogens with one attached hydrogen (secondary N) is 1. The number of hydrogen-bond donors (Lipinski definition) is 1. The average molecular weight is 326 g/mol. The number of unbranched alkanes of at least 4 members (excludes halogenated alkanes) is 1. The van der Waals surface area contributed by atoms with Crippen molar-refractivity contribution < 1.29 is 4.74 Å². The Bertz CT molecular complexity index is 720. The maximum absolute atomic E-state index is 5.46. The molecule has 1 aromatic heterocycles. The molecule has 2 aromatic rings. The van der Waals surface area contributed by atoms with Crippen molar-refractivity contribution in [2.75, 3.05) is 20.2 Å². The zero-order valence-electron chi connectivity index (χ0n) is 15.3. The number of methoxy groups -OCH3 is 1. The molecular weight excluding hydrogens is 296 g/mol. The van der Waals surface area contributed by atoms with Crippen LogP contribution in [0.4, 0.5) is 0 Å². The van der Waals surface area contributed by atoms with Crippen LogP contribution in [0.1, 0.15) is 56.7 Å². The summed E-state index contributed by atoms with van der Waals surface area (Å²) in [4.78, 5) is 6.53. The molecule has 4 rings (SSSR count). The molecule has 2 bridgehead atoms. The molecule has 3 heteroatoms. The molecule has 2 aliphatic heterocycles. The lowest BCUT2D eigenvalue weighted by atomic mass is 9.80. The molecule has 1 fully saturated rings. The first-order valence-electron chi connectivity index (χ1n) is 9.63. The van der Waals surface area contributed by atoms with Gasteiger partial charge in [-0.2, -0.15) is 0 Å². The van der Waals surface area contributed by atoms with Gasteiger partial charge in [-0.25, -0.2) is 0 Å². The van der Waals surface area contributed by atoms with Crippen LogP contribution < -0.4 is 4.74 Å². The largest absolute Gasteiger partial charge is 0.497 e. The van der Waals surface area contributed by atoms with Crippen LogP contribution in [-0.2, 0) is 6.42 Å². The summed E-state index contributed by atoms with van der Waals surface area (Å²) in [5.74, 6) is 2.47. The molecule has 24 heavy (non-hydrogen) atoms. The summed E-state index contributed by atoms with van der Waals surface area (Å²) in [5.41, 5.74) is 4.32. The summed E-state index contributed by atoms with van der Waals surface area (Å²) < 4.78 is 5.46. The number of hydrogen-bond acceptors (Lipinski definition) is 2.